The molecule has 2 heterocycles. The van der Waals surface area contributed by atoms with Gasteiger partial charge in [-0.1, -0.05) is 29.8 Å². The number of likely N-dealkylation sites (tertiary alicyclic amines) is 1. The molecule has 0 bridgehead atoms. The summed E-state index contributed by atoms with van der Waals surface area (Å²) in [6.45, 7) is 4.93. The summed E-state index contributed by atoms with van der Waals surface area (Å²) in [4.78, 5) is 18.3. The molecule has 120 valence electrons. The molecule has 4 nitrogen and oxygen atoms in total. The molecule has 0 aliphatic carbocycles. The van der Waals surface area contributed by atoms with Crippen molar-refractivity contribution in [3.8, 4) is 0 Å². The standard InChI is InChI=1S/C19H22N2O2/c1-13-8-9-14(2)15(12-13)18(16-6-3-4-10-20-16)21-11-5-7-17(21)19(22)23/h3-4,6,8-10,12,17-18H,5,7,11H2,1-2H3,(H,22,23). The number of aliphatic carboxylic acids is 1. The molecule has 3 rings (SSSR count). The molecule has 0 radical (unpaired) electrons. The van der Waals surface area contributed by atoms with Crippen LogP contribution in [0.25, 0.3) is 0 Å². The van der Waals surface area contributed by atoms with Crippen molar-refractivity contribution in [2.24, 2.45) is 0 Å². The molecular weight excluding hydrogens is 288 g/mol. The van der Waals surface area contributed by atoms with E-state index in [9.17, 15) is 9.90 Å². The van der Waals surface area contributed by atoms with Crippen LogP contribution in [0.4, 0.5) is 0 Å². The fourth-order valence-corrected chi connectivity index (χ4v) is 3.46. The van der Waals surface area contributed by atoms with Gasteiger partial charge < -0.3 is 5.11 Å². The zero-order valence-corrected chi connectivity index (χ0v) is 13.6. The molecule has 0 saturated carbocycles. The fourth-order valence-electron chi connectivity index (χ4n) is 3.46. The predicted octanol–water partition coefficient (Wildman–Crippen LogP) is 3.34. The van der Waals surface area contributed by atoms with Crippen LogP contribution >= 0.6 is 0 Å². The van der Waals surface area contributed by atoms with Gasteiger partial charge in [-0.05, 0) is 49.9 Å². The molecule has 1 aromatic carbocycles. The highest BCUT2D eigenvalue weighted by Crippen LogP contribution is 2.35. The molecular formula is C19H22N2O2. The van der Waals surface area contributed by atoms with Crippen LogP contribution < -0.4 is 0 Å². The maximum atomic E-state index is 11.7. The van der Waals surface area contributed by atoms with Crippen LogP contribution in [0.1, 0.15) is 41.3 Å². The average Bonchev–Trinajstić information content (AvgIpc) is 3.02. The van der Waals surface area contributed by atoms with E-state index in [-0.39, 0.29) is 6.04 Å². The number of carboxylic acid groups (broad SMARTS) is 1. The van der Waals surface area contributed by atoms with Crippen LogP contribution in [-0.2, 0) is 4.79 Å². The lowest BCUT2D eigenvalue weighted by molar-refractivity contribution is -0.142. The van der Waals surface area contributed by atoms with E-state index in [1.807, 2.05) is 18.2 Å². The summed E-state index contributed by atoms with van der Waals surface area (Å²) in [6, 6.07) is 11.6. The number of nitrogens with zero attached hydrogens (tertiary/aromatic N) is 2. The third-order valence-electron chi connectivity index (χ3n) is 4.61. The predicted molar refractivity (Wildman–Crippen MR) is 89.4 cm³/mol. The Morgan fingerprint density at radius 2 is 2.13 bits per heavy atom. The molecule has 1 saturated heterocycles. The van der Waals surface area contributed by atoms with Crippen molar-refractivity contribution in [1.29, 1.82) is 0 Å². The van der Waals surface area contributed by atoms with Crippen molar-refractivity contribution < 1.29 is 9.90 Å². The lowest BCUT2D eigenvalue weighted by atomic mass is 9.94. The van der Waals surface area contributed by atoms with Gasteiger partial charge in [-0.3, -0.25) is 14.7 Å². The van der Waals surface area contributed by atoms with Gasteiger partial charge in [-0.15, -0.1) is 0 Å². The van der Waals surface area contributed by atoms with Crippen molar-refractivity contribution >= 4 is 5.97 Å². The van der Waals surface area contributed by atoms with Crippen LogP contribution in [0.2, 0.25) is 0 Å². The van der Waals surface area contributed by atoms with E-state index in [4.69, 9.17) is 0 Å². The normalized spacial score (nSPS) is 19.7. The molecule has 1 N–H and O–H groups in total. The van der Waals surface area contributed by atoms with Crippen LogP contribution in [0.5, 0.6) is 0 Å². The maximum absolute atomic E-state index is 11.7. The molecule has 1 aromatic heterocycles. The van der Waals surface area contributed by atoms with Gasteiger partial charge in [-0.25, -0.2) is 0 Å². The first-order valence-corrected chi connectivity index (χ1v) is 8.04. The zero-order valence-electron chi connectivity index (χ0n) is 13.6. The smallest absolute Gasteiger partial charge is 0.320 e. The molecule has 1 aliphatic rings. The molecule has 1 fully saturated rings. The second-order valence-corrected chi connectivity index (χ2v) is 6.25. The summed E-state index contributed by atoms with van der Waals surface area (Å²) in [6.07, 6.45) is 3.38. The van der Waals surface area contributed by atoms with Gasteiger partial charge in [0.1, 0.15) is 6.04 Å². The number of pyridine rings is 1. The third-order valence-corrected chi connectivity index (χ3v) is 4.61. The minimum Gasteiger partial charge on any atom is -0.480 e. The number of hydrogen-bond donors (Lipinski definition) is 1. The van der Waals surface area contributed by atoms with Crippen LogP contribution in [-0.4, -0.2) is 33.5 Å². The first-order valence-electron chi connectivity index (χ1n) is 8.04. The zero-order chi connectivity index (χ0) is 16.4. The molecule has 2 aromatic rings. The number of hydrogen-bond acceptors (Lipinski definition) is 3. The van der Waals surface area contributed by atoms with Gasteiger partial charge in [0.15, 0.2) is 0 Å². The Labute approximate surface area is 136 Å². The van der Waals surface area contributed by atoms with E-state index in [0.29, 0.717) is 6.42 Å². The molecule has 4 heteroatoms. The Kier molecular flexibility index (Phi) is 4.44. The van der Waals surface area contributed by atoms with Gasteiger partial charge in [-0.2, -0.15) is 0 Å². The van der Waals surface area contributed by atoms with Crippen molar-refractivity contribution in [2.45, 2.75) is 38.8 Å². The highest BCUT2D eigenvalue weighted by Gasteiger charge is 2.37. The van der Waals surface area contributed by atoms with E-state index >= 15 is 0 Å². The molecule has 2 unspecified atom stereocenters. The molecule has 1 aliphatic heterocycles. The highest BCUT2D eigenvalue weighted by molar-refractivity contribution is 5.74. The Morgan fingerprint density at radius 3 is 2.83 bits per heavy atom. The number of carboxylic acids is 1. The average molecular weight is 310 g/mol. The number of carbonyl (C=O) groups is 1. The summed E-state index contributed by atoms with van der Waals surface area (Å²) >= 11 is 0. The molecule has 0 spiro atoms. The quantitative estimate of drug-likeness (QED) is 0.941. The summed E-state index contributed by atoms with van der Waals surface area (Å²) in [5.41, 5.74) is 4.41. The second kappa shape index (κ2) is 6.50. The lowest BCUT2D eigenvalue weighted by Gasteiger charge is -2.32. The molecule has 0 amide bonds. The van der Waals surface area contributed by atoms with E-state index in [1.54, 1.807) is 6.20 Å². The summed E-state index contributed by atoms with van der Waals surface area (Å²) in [7, 11) is 0. The summed E-state index contributed by atoms with van der Waals surface area (Å²) in [5.74, 6) is -0.742. The monoisotopic (exact) mass is 310 g/mol. The van der Waals surface area contributed by atoms with Crippen molar-refractivity contribution in [3.05, 3.63) is 65.0 Å². The second-order valence-electron chi connectivity index (χ2n) is 6.25. The van der Waals surface area contributed by atoms with Crippen molar-refractivity contribution in [2.75, 3.05) is 6.54 Å². The topological polar surface area (TPSA) is 53.4 Å². The Hall–Kier alpha value is -2.20. The number of benzene rings is 1. The van der Waals surface area contributed by atoms with Crippen LogP contribution in [0.15, 0.2) is 42.6 Å². The van der Waals surface area contributed by atoms with Crippen LogP contribution in [0, 0.1) is 13.8 Å². The van der Waals surface area contributed by atoms with Gasteiger partial charge in [0, 0.05) is 12.7 Å². The minimum atomic E-state index is -0.742. The Bertz CT molecular complexity index is 700. The van der Waals surface area contributed by atoms with E-state index < -0.39 is 12.0 Å². The van der Waals surface area contributed by atoms with Gasteiger partial charge in [0.2, 0.25) is 0 Å². The molecule has 23 heavy (non-hydrogen) atoms. The number of aryl methyl sites for hydroxylation is 2. The fraction of sp³-hybridized carbons (Fsp3) is 0.368. The SMILES string of the molecule is Cc1ccc(C)c(C(c2ccccn2)N2CCCC2C(=O)O)c1. The lowest BCUT2D eigenvalue weighted by Crippen LogP contribution is -2.39. The minimum absolute atomic E-state index is 0.111. The first kappa shape index (κ1) is 15.7. The Morgan fingerprint density at radius 1 is 1.30 bits per heavy atom. The van der Waals surface area contributed by atoms with Crippen molar-refractivity contribution in [1.82, 2.24) is 9.88 Å². The van der Waals surface area contributed by atoms with Gasteiger partial charge >= 0.3 is 5.97 Å². The first-order chi connectivity index (χ1) is 11.1. The van der Waals surface area contributed by atoms with E-state index in [2.05, 4.69) is 41.9 Å². The maximum Gasteiger partial charge on any atom is 0.320 e. The van der Waals surface area contributed by atoms with E-state index in [1.165, 1.54) is 11.1 Å². The molecule has 2 atom stereocenters. The summed E-state index contributed by atoms with van der Waals surface area (Å²) in [5, 5.41) is 9.59. The van der Waals surface area contributed by atoms with Gasteiger partial charge in [0.05, 0.1) is 11.7 Å². The van der Waals surface area contributed by atoms with Crippen LogP contribution in [0.3, 0.4) is 0 Å². The van der Waals surface area contributed by atoms with E-state index in [0.717, 1.165) is 24.2 Å². The largest absolute Gasteiger partial charge is 0.480 e. The number of rotatable bonds is 4. The third kappa shape index (κ3) is 3.13. The van der Waals surface area contributed by atoms with Crippen molar-refractivity contribution in [3.63, 3.8) is 0 Å². The van der Waals surface area contributed by atoms with Gasteiger partial charge in [0.25, 0.3) is 0 Å². The highest BCUT2D eigenvalue weighted by atomic mass is 16.4. The summed E-state index contributed by atoms with van der Waals surface area (Å²) < 4.78 is 0. The number of aromatic nitrogens is 1. The Balaban J connectivity index is 2.11.